The molecule has 2 fully saturated rings. The first-order valence-electron chi connectivity index (χ1n) is 9.29. The molecule has 3 atom stereocenters. The topological polar surface area (TPSA) is 63.7 Å². The Morgan fingerprint density at radius 3 is 2.30 bits per heavy atom. The molecule has 4 rings (SSSR count). The summed E-state index contributed by atoms with van der Waals surface area (Å²) in [5.74, 6) is -0.199. The number of rotatable bonds is 3. The fraction of sp³-hybridized carbons (Fsp3) is 0.318. The normalized spacial score (nSPS) is 24.6. The predicted octanol–water partition coefficient (Wildman–Crippen LogP) is 3.83. The number of benzene rings is 2. The van der Waals surface area contributed by atoms with Crippen molar-refractivity contribution in [2.45, 2.75) is 26.2 Å². The van der Waals surface area contributed by atoms with E-state index < -0.39 is 5.97 Å². The lowest BCUT2D eigenvalue weighted by molar-refractivity contribution is -0.122. The second-order valence-corrected chi connectivity index (χ2v) is 7.39. The number of esters is 1. The third-order valence-corrected chi connectivity index (χ3v) is 5.50. The van der Waals surface area contributed by atoms with Crippen molar-refractivity contribution in [3.05, 3.63) is 60.2 Å². The van der Waals surface area contributed by atoms with Gasteiger partial charge in [0.05, 0.1) is 23.1 Å². The minimum Gasteiger partial charge on any atom is -0.423 e. The van der Waals surface area contributed by atoms with Crippen LogP contribution in [0.1, 0.15) is 36.5 Å². The number of fused-ring (bicyclic) bond motifs is 1. The monoisotopic (exact) mass is 363 g/mol. The average Bonchev–Trinajstić information content (AvgIpc) is 2.93. The van der Waals surface area contributed by atoms with Gasteiger partial charge in [-0.05, 0) is 61.6 Å². The summed E-state index contributed by atoms with van der Waals surface area (Å²) in [7, 11) is 0. The van der Waals surface area contributed by atoms with E-state index in [4.69, 9.17) is 4.74 Å². The maximum absolute atomic E-state index is 12.8. The van der Waals surface area contributed by atoms with Crippen molar-refractivity contribution >= 4 is 23.5 Å². The molecule has 0 radical (unpaired) electrons. The van der Waals surface area contributed by atoms with Gasteiger partial charge in [-0.3, -0.25) is 14.5 Å². The van der Waals surface area contributed by atoms with Gasteiger partial charge in [0.15, 0.2) is 0 Å². The summed E-state index contributed by atoms with van der Waals surface area (Å²) < 4.78 is 5.35. The molecule has 0 N–H and O–H groups in total. The zero-order valence-corrected chi connectivity index (χ0v) is 15.1. The molecular weight excluding hydrogens is 342 g/mol. The van der Waals surface area contributed by atoms with E-state index in [0.717, 1.165) is 19.3 Å². The lowest BCUT2D eigenvalue weighted by atomic mass is 9.76. The van der Waals surface area contributed by atoms with Crippen molar-refractivity contribution < 1.29 is 19.1 Å². The van der Waals surface area contributed by atoms with Crippen LogP contribution in [-0.2, 0) is 9.59 Å². The smallest absolute Gasteiger partial charge is 0.343 e. The molecule has 0 aromatic heterocycles. The Morgan fingerprint density at radius 2 is 1.59 bits per heavy atom. The molecule has 1 aliphatic carbocycles. The van der Waals surface area contributed by atoms with Crippen LogP contribution in [0.15, 0.2) is 54.6 Å². The van der Waals surface area contributed by atoms with Gasteiger partial charge in [-0.15, -0.1) is 0 Å². The van der Waals surface area contributed by atoms with Gasteiger partial charge in [0.25, 0.3) is 0 Å². The highest BCUT2D eigenvalue weighted by Gasteiger charge is 2.49. The van der Waals surface area contributed by atoms with Crippen LogP contribution < -0.4 is 9.64 Å². The number of imide groups is 1. The van der Waals surface area contributed by atoms with Gasteiger partial charge >= 0.3 is 5.97 Å². The zero-order valence-electron chi connectivity index (χ0n) is 15.1. The molecule has 5 nitrogen and oxygen atoms in total. The molecule has 2 amide bonds. The van der Waals surface area contributed by atoms with E-state index >= 15 is 0 Å². The van der Waals surface area contributed by atoms with Gasteiger partial charge in [0, 0.05) is 0 Å². The first-order chi connectivity index (χ1) is 13.0. The first kappa shape index (κ1) is 17.5. The van der Waals surface area contributed by atoms with Crippen molar-refractivity contribution in [2.24, 2.45) is 17.8 Å². The summed E-state index contributed by atoms with van der Waals surface area (Å²) in [6.07, 6.45) is 2.54. The van der Waals surface area contributed by atoms with E-state index in [-0.39, 0.29) is 23.7 Å². The summed E-state index contributed by atoms with van der Waals surface area (Å²) in [4.78, 5) is 38.9. The summed E-state index contributed by atoms with van der Waals surface area (Å²) in [5.41, 5.74) is 0.997. The largest absolute Gasteiger partial charge is 0.423 e. The summed E-state index contributed by atoms with van der Waals surface area (Å²) >= 11 is 0. The van der Waals surface area contributed by atoms with Crippen LogP contribution in [0.3, 0.4) is 0 Å². The Labute approximate surface area is 157 Å². The number of carbonyl (C=O) groups is 3. The number of hydrogen-bond donors (Lipinski definition) is 0. The fourth-order valence-corrected chi connectivity index (χ4v) is 4.05. The second kappa shape index (κ2) is 6.99. The molecule has 2 aromatic carbocycles. The average molecular weight is 363 g/mol. The Bertz CT molecular complexity index is 875. The third kappa shape index (κ3) is 3.25. The molecule has 2 aromatic rings. The summed E-state index contributed by atoms with van der Waals surface area (Å²) in [5, 5.41) is 0. The van der Waals surface area contributed by atoms with Crippen LogP contribution in [0.5, 0.6) is 5.75 Å². The summed E-state index contributed by atoms with van der Waals surface area (Å²) in [6, 6.07) is 15.3. The van der Waals surface area contributed by atoms with Gasteiger partial charge in [-0.25, -0.2) is 4.79 Å². The van der Waals surface area contributed by atoms with Gasteiger partial charge < -0.3 is 4.74 Å². The minimum absolute atomic E-state index is 0.106. The van der Waals surface area contributed by atoms with Crippen LogP contribution in [0.25, 0.3) is 0 Å². The zero-order chi connectivity index (χ0) is 19.0. The standard InChI is InChI=1S/C22H21NO4/c1-14-7-12-18-19(13-14)21(25)23(20(18)24)16-8-10-17(11-9-16)27-22(26)15-5-3-2-4-6-15/h2-6,8-11,14,18-19H,7,12-13H2,1H3/t14-,18-,19-/m1/s1. The molecule has 1 saturated carbocycles. The molecule has 1 heterocycles. The Kier molecular flexibility index (Phi) is 4.52. The van der Waals surface area contributed by atoms with Crippen LogP contribution >= 0.6 is 0 Å². The molecule has 1 aliphatic heterocycles. The highest BCUT2D eigenvalue weighted by atomic mass is 16.5. The lowest BCUT2D eigenvalue weighted by Gasteiger charge is -2.25. The molecule has 138 valence electrons. The third-order valence-electron chi connectivity index (χ3n) is 5.50. The molecule has 0 bridgehead atoms. The van der Waals surface area contributed by atoms with Gasteiger partial charge in [-0.2, -0.15) is 0 Å². The molecule has 5 heteroatoms. The van der Waals surface area contributed by atoms with Crippen molar-refractivity contribution in [3.8, 4) is 5.75 Å². The SMILES string of the molecule is C[C@@H]1CC[C@H]2C(=O)N(c3ccc(OC(=O)c4ccccc4)cc3)C(=O)[C@@H]2C1. The van der Waals surface area contributed by atoms with E-state index in [2.05, 4.69) is 6.92 Å². The maximum Gasteiger partial charge on any atom is 0.343 e. The quantitative estimate of drug-likeness (QED) is 0.472. The van der Waals surface area contributed by atoms with Crippen molar-refractivity contribution in [3.63, 3.8) is 0 Å². The van der Waals surface area contributed by atoms with Gasteiger partial charge in [-0.1, -0.05) is 25.1 Å². The number of ether oxygens (including phenoxy) is 1. The second-order valence-electron chi connectivity index (χ2n) is 7.39. The van der Waals surface area contributed by atoms with Crippen LogP contribution in [0.4, 0.5) is 5.69 Å². The number of hydrogen-bond acceptors (Lipinski definition) is 4. The van der Waals surface area contributed by atoms with E-state index in [1.807, 2.05) is 6.07 Å². The molecule has 0 unspecified atom stereocenters. The highest BCUT2D eigenvalue weighted by molar-refractivity contribution is 6.22. The first-order valence-corrected chi connectivity index (χ1v) is 9.29. The molecule has 1 saturated heterocycles. The Hall–Kier alpha value is -2.95. The van der Waals surface area contributed by atoms with Crippen molar-refractivity contribution in [2.75, 3.05) is 4.90 Å². The minimum atomic E-state index is -0.448. The van der Waals surface area contributed by atoms with E-state index in [0.29, 0.717) is 22.9 Å². The predicted molar refractivity (Wildman–Crippen MR) is 100 cm³/mol. The highest BCUT2D eigenvalue weighted by Crippen LogP contribution is 2.42. The van der Waals surface area contributed by atoms with Crippen LogP contribution in [0, 0.1) is 17.8 Å². The number of anilines is 1. The van der Waals surface area contributed by atoms with Gasteiger partial charge in [0.2, 0.25) is 11.8 Å². The molecule has 0 spiro atoms. The van der Waals surface area contributed by atoms with Gasteiger partial charge in [0.1, 0.15) is 5.75 Å². The Morgan fingerprint density at radius 1 is 0.926 bits per heavy atom. The number of nitrogens with zero attached hydrogens (tertiary/aromatic N) is 1. The van der Waals surface area contributed by atoms with E-state index in [1.54, 1.807) is 48.5 Å². The maximum atomic E-state index is 12.8. The molecular formula is C22H21NO4. The summed E-state index contributed by atoms with van der Waals surface area (Å²) in [6.45, 7) is 2.13. The van der Waals surface area contributed by atoms with E-state index in [9.17, 15) is 14.4 Å². The molecule has 2 aliphatic rings. The number of carbonyl (C=O) groups excluding carboxylic acids is 3. The fourth-order valence-electron chi connectivity index (χ4n) is 4.05. The van der Waals surface area contributed by atoms with Crippen LogP contribution in [-0.4, -0.2) is 17.8 Å². The van der Waals surface area contributed by atoms with Crippen LogP contribution in [0.2, 0.25) is 0 Å². The molecule has 27 heavy (non-hydrogen) atoms. The van der Waals surface area contributed by atoms with E-state index in [1.165, 1.54) is 4.90 Å². The number of amides is 2. The Balaban J connectivity index is 1.50. The van der Waals surface area contributed by atoms with Crippen molar-refractivity contribution in [1.82, 2.24) is 0 Å². The lowest BCUT2D eigenvalue weighted by Crippen LogP contribution is -2.30. The van der Waals surface area contributed by atoms with Crippen molar-refractivity contribution in [1.29, 1.82) is 0 Å².